The summed E-state index contributed by atoms with van der Waals surface area (Å²) in [6.45, 7) is 14.1. The van der Waals surface area contributed by atoms with Crippen LogP contribution in [0.15, 0.2) is 29.3 Å². The molecule has 1 aromatic rings. The van der Waals surface area contributed by atoms with Gasteiger partial charge in [0.1, 0.15) is 0 Å². The summed E-state index contributed by atoms with van der Waals surface area (Å²) >= 11 is 1.37. The first kappa shape index (κ1) is 21.6. The molecule has 0 spiro atoms. The van der Waals surface area contributed by atoms with E-state index in [1.807, 2.05) is 0 Å². The van der Waals surface area contributed by atoms with Crippen LogP contribution in [0.5, 0.6) is 0 Å². The molecule has 0 saturated carbocycles. The van der Waals surface area contributed by atoms with Crippen LogP contribution in [-0.2, 0) is 4.79 Å². The zero-order chi connectivity index (χ0) is 20.1. The summed E-state index contributed by atoms with van der Waals surface area (Å²) < 4.78 is 0. The second-order valence-electron chi connectivity index (χ2n) is 7.63. The largest absolute Gasteiger partial charge is 0.401 e. The van der Waals surface area contributed by atoms with Crippen LogP contribution in [0.4, 0.5) is 0 Å². The molecule has 0 aliphatic carbocycles. The molecule has 1 heterocycles. The van der Waals surface area contributed by atoms with Crippen LogP contribution in [0.2, 0.25) is 0 Å². The first-order valence-corrected chi connectivity index (χ1v) is 10.4. The molecule has 27 heavy (non-hydrogen) atoms. The van der Waals surface area contributed by atoms with Gasteiger partial charge in [0.2, 0.25) is 0 Å². The lowest BCUT2D eigenvalue weighted by molar-refractivity contribution is -0.116. The van der Waals surface area contributed by atoms with Gasteiger partial charge in [0.15, 0.2) is 0 Å². The highest BCUT2D eigenvalue weighted by atomic mass is 32.2. The second kappa shape index (κ2) is 9.47. The summed E-state index contributed by atoms with van der Waals surface area (Å²) in [7, 11) is 2.15. The lowest BCUT2D eigenvalue weighted by atomic mass is 10.00. The SMILES string of the molecule is C=C(S/C(C(=O)NCCC1CCCN1C)=C(/C)N)c1c(C)cc(C)cc1C. The highest BCUT2D eigenvalue weighted by molar-refractivity contribution is 8.12. The number of allylic oxidation sites excluding steroid dienone is 1. The molecule has 1 aromatic carbocycles. The average Bonchev–Trinajstić information content (AvgIpc) is 2.96. The molecule has 0 bridgehead atoms. The van der Waals surface area contributed by atoms with Gasteiger partial charge >= 0.3 is 0 Å². The Morgan fingerprint density at radius 3 is 2.48 bits per heavy atom. The monoisotopic (exact) mass is 387 g/mol. The van der Waals surface area contributed by atoms with Crippen molar-refractivity contribution in [3.8, 4) is 0 Å². The fourth-order valence-electron chi connectivity index (χ4n) is 3.88. The number of carbonyl (C=O) groups is 1. The topological polar surface area (TPSA) is 58.4 Å². The van der Waals surface area contributed by atoms with Crippen LogP contribution in [0.1, 0.15) is 48.4 Å². The number of aryl methyl sites for hydroxylation is 3. The summed E-state index contributed by atoms with van der Waals surface area (Å²) in [5, 5.41) is 3.04. The van der Waals surface area contributed by atoms with Gasteiger partial charge in [0.25, 0.3) is 5.91 Å². The number of rotatable bonds is 7. The van der Waals surface area contributed by atoms with Crippen LogP contribution in [-0.4, -0.2) is 37.0 Å². The summed E-state index contributed by atoms with van der Waals surface area (Å²) in [5.74, 6) is -0.107. The van der Waals surface area contributed by atoms with Crippen molar-refractivity contribution in [2.45, 2.75) is 53.0 Å². The van der Waals surface area contributed by atoms with E-state index in [9.17, 15) is 4.79 Å². The lowest BCUT2D eigenvalue weighted by Gasteiger charge is -2.20. The molecule has 0 aromatic heterocycles. The third-order valence-corrected chi connectivity index (χ3v) is 6.34. The standard InChI is InChI=1S/C22H33N3OS/c1-14-12-15(2)20(16(3)13-14)18(5)27-21(17(4)23)22(26)24-10-9-19-8-7-11-25(19)6/h12-13,19H,5,7-11,23H2,1-4,6H3,(H,24,26)/b21-17-. The van der Waals surface area contributed by atoms with Crippen molar-refractivity contribution in [2.24, 2.45) is 5.73 Å². The summed E-state index contributed by atoms with van der Waals surface area (Å²) in [6, 6.07) is 4.85. The number of hydrogen-bond acceptors (Lipinski definition) is 4. The number of thioether (sulfide) groups is 1. The van der Waals surface area contributed by atoms with E-state index in [1.54, 1.807) is 6.92 Å². The second-order valence-corrected chi connectivity index (χ2v) is 8.74. The first-order chi connectivity index (χ1) is 12.7. The van der Waals surface area contributed by atoms with Crippen LogP contribution in [0.3, 0.4) is 0 Å². The Kier molecular flexibility index (Phi) is 7.57. The molecule has 1 unspecified atom stereocenters. The zero-order valence-electron chi connectivity index (χ0n) is 17.3. The molecule has 1 aliphatic heterocycles. The van der Waals surface area contributed by atoms with Gasteiger partial charge in [-0.05, 0) is 77.2 Å². The van der Waals surface area contributed by atoms with Gasteiger partial charge < -0.3 is 16.0 Å². The fourth-order valence-corrected chi connectivity index (χ4v) is 4.87. The van der Waals surface area contributed by atoms with Crippen molar-refractivity contribution in [2.75, 3.05) is 20.1 Å². The highest BCUT2D eigenvalue weighted by Gasteiger charge is 2.21. The molecule has 5 heteroatoms. The third-order valence-electron chi connectivity index (χ3n) is 5.18. The predicted molar refractivity (Wildman–Crippen MR) is 117 cm³/mol. The van der Waals surface area contributed by atoms with E-state index >= 15 is 0 Å². The van der Waals surface area contributed by atoms with Gasteiger partial charge in [0.05, 0.1) is 4.91 Å². The number of nitrogens with two attached hydrogens (primary N) is 1. The smallest absolute Gasteiger partial charge is 0.259 e. The van der Waals surface area contributed by atoms with Crippen molar-refractivity contribution in [1.29, 1.82) is 0 Å². The number of benzene rings is 1. The molecule has 0 radical (unpaired) electrons. The minimum Gasteiger partial charge on any atom is -0.401 e. The van der Waals surface area contributed by atoms with Crippen molar-refractivity contribution in [1.82, 2.24) is 10.2 Å². The van der Waals surface area contributed by atoms with Crippen LogP contribution in [0, 0.1) is 20.8 Å². The van der Waals surface area contributed by atoms with E-state index in [2.05, 4.69) is 56.7 Å². The Bertz CT molecular complexity index is 727. The molecule has 3 N–H and O–H groups in total. The highest BCUT2D eigenvalue weighted by Crippen LogP contribution is 2.36. The molecule has 1 aliphatic rings. The van der Waals surface area contributed by atoms with Crippen molar-refractivity contribution in [3.05, 3.63) is 51.6 Å². The van der Waals surface area contributed by atoms with E-state index in [0.29, 0.717) is 23.2 Å². The van der Waals surface area contributed by atoms with Crippen molar-refractivity contribution in [3.63, 3.8) is 0 Å². The minimum atomic E-state index is -0.107. The third kappa shape index (κ3) is 5.63. The summed E-state index contributed by atoms with van der Waals surface area (Å²) in [4.78, 5) is 16.5. The van der Waals surface area contributed by atoms with Crippen molar-refractivity contribution >= 4 is 22.6 Å². The number of carbonyl (C=O) groups excluding carboxylic acids is 1. The maximum atomic E-state index is 12.7. The van der Waals surface area contributed by atoms with Gasteiger partial charge in [0, 0.05) is 23.2 Å². The molecular weight excluding hydrogens is 354 g/mol. The van der Waals surface area contributed by atoms with E-state index in [1.165, 1.54) is 41.3 Å². The first-order valence-electron chi connectivity index (χ1n) is 9.60. The van der Waals surface area contributed by atoms with E-state index < -0.39 is 0 Å². The van der Waals surface area contributed by atoms with Crippen LogP contribution >= 0.6 is 11.8 Å². The van der Waals surface area contributed by atoms with Gasteiger partial charge in [-0.25, -0.2) is 0 Å². The number of nitrogens with one attached hydrogen (secondary N) is 1. The number of likely N-dealkylation sites (tertiary alicyclic amines) is 1. The molecule has 2 rings (SSSR count). The van der Waals surface area contributed by atoms with Gasteiger partial charge in [-0.15, -0.1) is 0 Å². The Hall–Kier alpha value is -1.72. The average molecular weight is 388 g/mol. The van der Waals surface area contributed by atoms with E-state index in [0.717, 1.165) is 23.4 Å². The predicted octanol–water partition coefficient (Wildman–Crippen LogP) is 4.11. The van der Waals surface area contributed by atoms with Crippen LogP contribution in [0.25, 0.3) is 4.91 Å². The molecule has 4 nitrogen and oxygen atoms in total. The van der Waals surface area contributed by atoms with Crippen molar-refractivity contribution < 1.29 is 4.79 Å². The number of nitrogens with zero attached hydrogens (tertiary/aromatic N) is 1. The normalized spacial score (nSPS) is 18.3. The lowest BCUT2D eigenvalue weighted by Crippen LogP contribution is -2.32. The number of hydrogen-bond donors (Lipinski definition) is 2. The van der Waals surface area contributed by atoms with Gasteiger partial charge in [-0.3, -0.25) is 4.79 Å². The summed E-state index contributed by atoms with van der Waals surface area (Å²) in [6.07, 6.45) is 3.43. The summed E-state index contributed by atoms with van der Waals surface area (Å²) in [5.41, 5.74) is 11.2. The molecule has 1 saturated heterocycles. The molecule has 1 amide bonds. The Morgan fingerprint density at radius 1 is 1.33 bits per heavy atom. The van der Waals surface area contributed by atoms with E-state index in [-0.39, 0.29) is 5.91 Å². The Labute approximate surface area is 168 Å². The number of amides is 1. The zero-order valence-corrected chi connectivity index (χ0v) is 18.1. The molecular formula is C22H33N3OS. The molecule has 148 valence electrons. The quantitative estimate of drug-likeness (QED) is 0.692. The minimum absolute atomic E-state index is 0.107. The van der Waals surface area contributed by atoms with Gasteiger partial charge in [-0.1, -0.05) is 36.0 Å². The molecule has 1 fully saturated rings. The maximum Gasteiger partial charge on any atom is 0.259 e. The molecule has 1 atom stereocenters. The Balaban J connectivity index is 2.02. The Morgan fingerprint density at radius 2 is 1.96 bits per heavy atom. The maximum absolute atomic E-state index is 12.7. The van der Waals surface area contributed by atoms with E-state index in [4.69, 9.17) is 5.73 Å². The van der Waals surface area contributed by atoms with Gasteiger partial charge in [-0.2, -0.15) is 0 Å². The fraction of sp³-hybridized carbons (Fsp3) is 0.500. The van der Waals surface area contributed by atoms with Crippen LogP contribution < -0.4 is 11.1 Å².